The Morgan fingerprint density at radius 3 is 2.50 bits per heavy atom. The van der Waals surface area contributed by atoms with E-state index in [1.165, 1.54) is 15.9 Å². The molecule has 0 radical (unpaired) electrons. The maximum Gasteiger partial charge on any atom is 0.263 e. The molecule has 0 aliphatic carbocycles. The van der Waals surface area contributed by atoms with E-state index in [1.54, 1.807) is 13.8 Å². The third-order valence-corrected chi connectivity index (χ3v) is 5.57. The van der Waals surface area contributed by atoms with E-state index in [1.807, 2.05) is 31.2 Å². The predicted octanol–water partition coefficient (Wildman–Crippen LogP) is 3.55. The van der Waals surface area contributed by atoms with Crippen molar-refractivity contribution >= 4 is 43.4 Å². The topological polar surface area (TPSA) is 78.0 Å². The van der Waals surface area contributed by atoms with Gasteiger partial charge in [0.05, 0.1) is 5.39 Å². The molecule has 1 amide bonds. The molecule has 0 saturated carbocycles. The van der Waals surface area contributed by atoms with Crippen molar-refractivity contribution in [1.82, 2.24) is 9.55 Å². The van der Waals surface area contributed by atoms with Gasteiger partial charge in [-0.25, -0.2) is 4.98 Å². The number of aryl methyl sites for hydroxylation is 2. The zero-order valence-electron chi connectivity index (χ0n) is 13.5. The number of halogens is 1. The minimum atomic E-state index is -0.743. The number of hydrogen-bond acceptors (Lipinski definition) is 4. The van der Waals surface area contributed by atoms with Crippen molar-refractivity contribution in [2.24, 2.45) is 5.73 Å². The minimum Gasteiger partial charge on any atom is -0.368 e. The Morgan fingerprint density at radius 2 is 1.92 bits per heavy atom. The van der Waals surface area contributed by atoms with Crippen molar-refractivity contribution in [3.05, 3.63) is 49.8 Å². The second-order valence-electron chi connectivity index (χ2n) is 5.63. The molecule has 24 heavy (non-hydrogen) atoms. The van der Waals surface area contributed by atoms with E-state index in [9.17, 15) is 9.59 Å². The highest BCUT2D eigenvalue weighted by molar-refractivity contribution is 9.10. The van der Waals surface area contributed by atoms with E-state index < -0.39 is 11.9 Å². The van der Waals surface area contributed by atoms with Crippen LogP contribution in [0.2, 0.25) is 0 Å². The number of hydrogen-bond donors (Lipinski definition) is 1. The van der Waals surface area contributed by atoms with Crippen LogP contribution in [0.5, 0.6) is 0 Å². The highest BCUT2D eigenvalue weighted by Gasteiger charge is 2.22. The van der Waals surface area contributed by atoms with E-state index in [0.29, 0.717) is 16.0 Å². The Labute approximate surface area is 151 Å². The van der Waals surface area contributed by atoms with Crippen molar-refractivity contribution in [2.75, 3.05) is 0 Å². The highest BCUT2D eigenvalue weighted by Crippen LogP contribution is 2.36. The lowest BCUT2D eigenvalue weighted by molar-refractivity contribution is -0.120. The van der Waals surface area contributed by atoms with Crippen LogP contribution in [0, 0.1) is 13.8 Å². The number of carbonyl (C=O) groups is 1. The minimum absolute atomic E-state index is 0.230. The molecule has 1 unspecified atom stereocenters. The lowest BCUT2D eigenvalue weighted by Crippen LogP contribution is -2.34. The van der Waals surface area contributed by atoms with Crippen LogP contribution in [0.4, 0.5) is 0 Å². The van der Waals surface area contributed by atoms with Crippen LogP contribution in [-0.4, -0.2) is 15.5 Å². The molecule has 0 fully saturated rings. The molecule has 5 nitrogen and oxygen atoms in total. The number of primary amides is 1. The quantitative estimate of drug-likeness (QED) is 0.723. The number of carbonyl (C=O) groups excluding carboxylic acids is 1. The summed E-state index contributed by atoms with van der Waals surface area (Å²) in [5, 5.41) is 0.540. The summed E-state index contributed by atoms with van der Waals surface area (Å²) < 4.78 is 2.34. The summed E-state index contributed by atoms with van der Waals surface area (Å²) >= 11 is 4.90. The number of nitrogens with zero attached hydrogens (tertiary/aromatic N) is 2. The summed E-state index contributed by atoms with van der Waals surface area (Å²) in [5.41, 5.74) is 6.97. The number of amides is 1. The standard InChI is InChI=1S/C17H16BrN3O2S/c1-8(15(19)22)21-10(3)20-16-14(17(21)23)13(9(2)24-16)11-4-6-12(18)7-5-11/h4-8H,1-3H3,(H2,19,22). The normalized spacial score (nSPS) is 12.5. The van der Waals surface area contributed by atoms with E-state index >= 15 is 0 Å². The average molecular weight is 406 g/mol. The molecule has 0 saturated heterocycles. The molecule has 7 heteroatoms. The highest BCUT2D eigenvalue weighted by atomic mass is 79.9. The van der Waals surface area contributed by atoms with Gasteiger partial charge in [-0.1, -0.05) is 28.1 Å². The zero-order chi connectivity index (χ0) is 17.6. The molecule has 2 N–H and O–H groups in total. The van der Waals surface area contributed by atoms with Crippen LogP contribution < -0.4 is 11.3 Å². The lowest BCUT2D eigenvalue weighted by atomic mass is 10.0. The molecule has 0 spiro atoms. The first kappa shape index (κ1) is 16.9. The Hall–Kier alpha value is -1.99. The van der Waals surface area contributed by atoms with Gasteiger partial charge in [-0.2, -0.15) is 0 Å². The fraction of sp³-hybridized carbons (Fsp3) is 0.235. The molecular formula is C17H16BrN3O2S. The van der Waals surface area contributed by atoms with Crippen LogP contribution >= 0.6 is 27.3 Å². The first-order chi connectivity index (χ1) is 11.3. The predicted molar refractivity (Wildman–Crippen MR) is 100 cm³/mol. The van der Waals surface area contributed by atoms with Gasteiger partial charge >= 0.3 is 0 Å². The third kappa shape index (κ3) is 2.67. The van der Waals surface area contributed by atoms with E-state index in [2.05, 4.69) is 20.9 Å². The number of nitrogens with two attached hydrogens (primary N) is 1. The Bertz CT molecular complexity index is 1010. The largest absolute Gasteiger partial charge is 0.368 e. The first-order valence-electron chi connectivity index (χ1n) is 7.38. The summed E-state index contributed by atoms with van der Waals surface area (Å²) in [6.45, 7) is 5.30. The Morgan fingerprint density at radius 1 is 1.29 bits per heavy atom. The smallest absolute Gasteiger partial charge is 0.263 e. The fourth-order valence-corrected chi connectivity index (χ4v) is 4.17. The molecule has 1 aromatic carbocycles. The second kappa shape index (κ2) is 6.14. The number of rotatable bonds is 3. The summed E-state index contributed by atoms with van der Waals surface area (Å²) in [6, 6.07) is 7.04. The van der Waals surface area contributed by atoms with Crippen LogP contribution in [0.15, 0.2) is 33.5 Å². The van der Waals surface area contributed by atoms with Gasteiger partial charge in [0.15, 0.2) is 0 Å². The van der Waals surface area contributed by atoms with Gasteiger partial charge < -0.3 is 5.73 Å². The van der Waals surface area contributed by atoms with Crippen molar-refractivity contribution < 1.29 is 4.79 Å². The SMILES string of the molecule is Cc1sc2nc(C)n(C(C)C(N)=O)c(=O)c2c1-c1ccc(Br)cc1. The van der Waals surface area contributed by atoms with Crippen LogP contribution in [-0.2, 0) is 4.79 Å². The molecule has 1 atom stereocenters. The number of thiophene rings is 1. The molecule has 2 heterocycles. The van der Waals surface area contributed by atoms with E-state index in [0.717, 1.165) is 20.5 Å². The molecule has 0 bridgehead atoms. The van der Waals surface area contributed by atoms with Crippen LogP contribution in [0.1, 0.15) is 23.7 Å². The van der Waals surface area contributed by atoms with Gasteiger partial charge in [0, 0.05) is 14.9 Å². The third-order valence-electron chi connectivity index (χ3n) is 4.04. The molecule has 2 aromatic heterocycles. The summed E-state index contributed by atoms with van der Waals surface area (Å²) in [5.74, 6) is -0.0686. The zero-order valence-corrected chi connectivity index (χ0v) is 15.9. The van der Waals surface area contributed by atoms with Crippen molar-refractivity contribution in [2.45, 2.75) is 26.8 Å². The van der Waals surface area contributed by atoms with Crippen LogP contribution in [0.25, 0.3) is 21.3 Å². The van der Waals surface area contributed by atoms with Gasteiger partial charge in [-0.15, -0.1) is 11.3 Å². The summed E-state index contributed by atoms with van der Waals surface area (Å²) in [7, 11) is 0. The van der Waals surface area contributed by atoms with Gasteiger partial charge in [0.2, 0.25) is 5.91 Å². The van der Waals surface area contributed by atoms with Crippen molar-refractivity contribution in [3.8, 4) is 11.1 Å². The van der Waals surface area contributed by atoms with Gasteiger partial charge in [-0.3, -0.25) is 14.2 Å². The monoisotopic (exact) mass is 405 g/mol. The molecule has 3 rings (SSSR count). The Balaban J connectivity index is 2.38. The summed E-state index contributed by atoms with van der Waals surface area (Å²) in [6.07, 6.45) is 0. The number of fused-ring (bicyclic) bond motifs is 1. The van der Waals surface area contributed by atoms with Gasteiger partial charge in [-0.05, 0) is 38.5 Å². The fourth-order valence-electron chi connectivity index (χ4n) is 2.82. The van der Waals surface area contributed by atoms with Gasteiger partial charge in [0.25, 0.3) is 5.56 Å². The van der Waals surface area contributed by atoms with E-state index in [4.69, 9.17) is 5.73 Å². The molecule has 124 valence electrons. The summed E-state index contributed by atoms with van der Waals surface area (Å²) in [4.78, 5) is 30.9. The maximum absolute atomic E-state index is 13.1. The molecular weight excluding hydrogens is 390 g/mol. The molecule has 3 aromatic rings. The number of benzene rings is 1. The molecule has 0 aliphatic rings. The second-order valence-corrected chi connectivity index (χ2v) is 7.75. The van der Waals surface area contributed by atoms with Crippen molar-refractivity contribution in [1.29, 1.82) is 0 Å². The van der Waals surface area contributed by atoms with E-state index in [-0.39, 0.29) is 5.56 Å². The molecule has 0 aliphatic heterocycles. The average Bonchev–Trinajstić information content (AvgIpc) is 2.84. The number of aromatic nitrogens is 2. The van der Waals surface area contributed by atoms with Crippen LogP contribution in [0.3, 0.4) is 0 Å². The maximum atomic E-state index is 13.1. The first-order valence-corrected chi connectivity index (χ1v) is 8.99. The van der Waals surface area contributed by atoms with Gasteiger partial charge in [0.1, 0.15) is 16.7 Å². The lowest BCUT2D eigenvalue weighted by Gasteiger charge is -2.14. The Kier molecular flexibility index (Phi) is 4.31. The van der Waals surface area contributed by atoms with Crippen molar-refractivity contribution in [3.63, 3.8) is 0 Å².